The summed E-state index contributed by atoms with van der Waals surface area (Å²) in [4.78, 5) is 2.58. The molecule has 2 fully saturated rings. The number of rotatable bonds is 5. The van der Waals surface area contributed by atoms with E-state index in [9.17, 15) is 0 Å². The van der Waals surface area contributed by atoms with Crippen molar-refractivity contribution in [2.24, 2.45) is 0 Å². The van der Waals surface area contributed by atoms with E-state index < -0.39 is 0 Å². The molecule has 1 N–H and O–H groups in total. The molecule has 0 aromatic carbocycles. The van der Waals surface area contributed by atoms with Gasteiger partial charge in [0.1, 0.15) is 0 Å². The van der Waals surface area contributed by atoms with Gasteiger partial charge in [-0.25, -0.2) is 0 Å². The van der Waals surface area contributed by atoms with Crippen LogP contribution in [0.2, 0.25) is 0 Å². The third-order valence-corrected chi connectivity index (χ3v) is 4.63. The monoisotopic (exact) mass is 270 g/mol. The average Bonchev–Trinajstić information content (AvgIpc) is 2.45. The van der Waals surface area contributed by atoms with Gasteiger partial charge in [-0.1, -0.05) is 6.92 Å². The van der Waals surface area contributed by atoms with Crippen LogP contribution in [0.3, 0.4) is 0 Å². The van der Waals surface area contributed by atoms with Crippen molar-refractivity contribution >= 4 is 0 Å². The Balaban J connectivity index is 1.96. The first kappa shape index (κ1) is 15.2. The zero-order valence-electron chi connectivity index (χ0n) is 12.8. The normalized spacial score (nSPS) is 37.4. The zero-order valence-corrected chi connectivity index (χ0v) is 12.8. The maximum absolute atomic E-state index is 5.72. The summed E-state index contributed by atoms with van der Waals surface area (Å²) >= 11 is 0. The van der Waals surface area contributed by atoms with Crippen LogP contribution in [-0.2, 0) is 9.47 Å². The number of ether oxygens (including phenoxy) is 2. The summed E-state index contributed by atoms with van der Waals surface area (Å²) in [5, 5.41) is 3.70. The molecule has 3 unspecified atom stereocenters. The van der Waals surface area contributed by atoms with Gasteiger partial charge in [0.15, 0.2) is 0 Å². The number of piperidine rings is 1. The third kappa shape index (κ3) is 3.91. The highest BCUT2D eigenvalue weighted by molar-refractivity contribution is 4.93. The van der Waals surface area contributed by atoms with Gasteiger partial charge in [-0.15, -0.1) is 0 Å². The standard InChI is InChI=1S/C15H30N2O2/c1-4-8-16-13-6-10-19-11-14(13)17-9-5-7-15(2,12-17)18-3/h13-14,16H,4-12H2,1-3H3. The Kier molecular flexibility index (Phi) is 5.63. The van der Waals surface area contributed by atoms with Gasteiger partial charge in [0, 0.05) is 32.3 Å². The summed E-state index contributed by atoms with van der Waals surface area (Å²) in [5.41, 5.74) is 0.0189. The van der Waals surface area contributed by atoms with Crippen molar-refractivity contribution in [3.8, 4) is 0 Å². The molecule has 4 nitrogen and oxygen atoms in total. The van der Waals surface area contributed by atoms with Gasteiger partial charge < -0.3 is 14.8 Å². The minimum absolute atomic E-state index is 0.0189. The minimum Gasteiger partial charge on any atom is -0.380 e. The molecule has 0 amide bonds. The molecule has 0 aliphatic carbocycles. The van der Waals surface area contributed by atoms with Gasteiger partial charge in [-0.2, -0.15) is 0 Å². The molecule has 0 spiro atoms. The Morgan fingerprint density at radius 1 is 1.47 bits per heavy atom. The quantitative estimate of drug-likeness (QED) is 0.823. The minimum atomic E-state index is 0.0189. The lowest BCUT2D eigenvalue weighted by Gasteiger charge is -2.46. The maximum atomic E-state index is 5.72. The number of hydrogen-bond donors (Lipinski definition) is 1. The van der Waals surface area contributed by atoms with E-state index in [0.29, 0.717) is 12.1 Å². The molecule has 2 aliphatic rings. The van der Waals surface area contributed by atoms with Crippen LogP contribution in [0, 0.1) is 0 Å². The molecule has 112 valence electrons. The molecule has 2 rings (SSSR count). The summed E-state index contributed by atoms with van der Waals surface area (Å²) < 4.78 is 11.4. The van der Waals surface area contributed by atoms with Crippen LogP contribution in [0.5, 0.6) is 0 Å². The zero-order chi connectivity index (χ0) is 13.7. The third-order valence-electron chi connectivity index (χ3n) is 4.63. The fourth-order valence-corrected chi connectivity index (χ4v) is 3.34. The van der Waals surface area contributed by atoms with Gasteiger partial charge in [-0.3, -0.25) is 4.90 Å². The van der Waals surface area contributed by atoms with Crippen molar-refractivity contribution in [3.63, 3.8) is 0 Å². The van der Waals surface area contributed by atoms with Crippen LogP contribution in [0.4, 0.5) is 0 Å². The first-order chi connectivity index (χ1) is 9.18. The van der Waals surface area contributed by atoms with Crippen molar-refractivity contribution in [3.05, 3.63) is 0 Å². The van der Waals surface area contributed by atoms with Crippen LogP contribution >= 0.6 is 0 Å². The largest absolute Gasteiger partial charge is 0.380 e. The SMILES string of the molecule is CCCNC1CCOCC1N1CCCC(C)(OC)C1. The number of nitrogens with zero attached hydrogens (tertiary/aromatic N) is 1. The maximum Gasteiger partial charge on any atom is 0.0777 e. The Morgan fingerprint density at radius 2 is 2.32 bits per heavy atom. The van der Waals surface area contributed by atoms with Crippen molar-refractivity contribution in [2.45, 2.75) is 57.2 Å². The van der Waals surface area contributed by atoms with Crippen LogP contribution in [0.25, 0.3) is 0 Å². The Hall–Kier alpha value is -0.160. The van der Waals surface area contributed by atoms with E-state index in [4.69, 9.17) is 9.47 Å². The lowest BCUT2D eigenvalue weighted by molar-refractivity contribution is -0.0858. The van der Waals surface area contributed by atoms with Crippen LogP contribution in [0.1, 0.15) is 39.5 Å². The fourth-order valence-electron chi connectivity index (χ4n) is 3.34. The van der Waals surface area contributed by atoms with Crippen molar-refractivity contribution in [2.75, 3.05) is 40.0 Å². The molecule has 4 heteroatoms. The van der Waals surface area contributed by atoms with E-state index in [1.807, 2.05) is 7.11 Å². The van der Waals surface area contributed by atoms with Crippen LogP contribution < -0.4 is 5.32 Å². The van der Waals surface area contributed by atoms with Crippen molar-refractivity contribution in [1.82, 2.24) is 10.2 Å². The second kappa shape index (κ2) is 7.02. The molecule has 0 saturated carbocycles. The molecule has 2 aliphatic heterocycles. The van der Waals surface area contributed by atoms with Gasteiger partial charge >= 0.3 is 0 Å². The lowest BCUT2D eigenvalue weighted by Crippen LogP contribution is -2.60. The Bertz CT molecular complexity index is 275. The molecular formula is C15H30N2O2. The predicted octanol–water partition coefficient (Wildman–Crippen LogP) is 1.64. The first-order valence-electron chi connectivity index (χ1n) is 7.79. The molecule has 2 saturated heterocycles. The highest BCUT2D eigenvalue weighted by Gasteiger charge is 2.37. The number of hydrogen-bond acceptors (Lipinski definition) is 4. The predicted molar refractivity (Wildman–Crippen MR) is 77.5 cm³/mol. The summed E-state index contributed by atoms with van der Waals surface area (Å²) in [6.45, 7) is 9.53. The summed E-state index contributed by atoms with van der Waals surface area (Å²) in [6, 6.07) is 1.09. The smallest absolute Gasteiger partial charge is 0.0777 e. The topological polar surface area (TPSA) is 33.7 Å². The molecule has 0 aromatic rings. The van der Waals surface area contributed by atoms with E-state index >= 15 is 0 Å². The number of likely N-dealkylation sites (tertiary alicyclic amines) is 1. The Morgan fingerprint density at radius 3 is 3.05 bits per heavy atom. The van der Waals surface area contributed by atoms with Gasteiger partial charge in [0.25, 0.3) is 0 Å². The van der Waals surface area contributed by atoms with E-state index in [1.54, 1.807) is 0 Å². The fraction of sp³-hybridized carbons (Fsp3) is 1.00. The summed E-state index contributed by atoms with van der Waals surface area (Å²) in [7, 11) is 1.84. The second-order valence-electron chi connectivity index (χ2n) is 6.22. The molecule has 0 radical (unpaired) electrons. The molecule has 2 heterocycles. The Labute approximate surface area is 117 Å². The van der Waals surface area contributed by atoms with Crippen molar-refractivity contribution < 1.29 is 9.47 Å². The van der Waals surface area contributed by atoms with E-state index in [2.05, 4.69) is 24.1 Å². The van der Waals surface area contributed by atoms with E-state index in [0.717, 1.165) is 32.7 Å². The molecule has 19 heavy (non-hydrogen) atoms. The van der Waals surface area contributed by atoms with E-state index in [-0.39, 0.29) is 5.60 Å². The first-order valence-corrected chi connectivity index (χ1v) is 7.79. The summed E-state index contributed by atoms with van der Waals surface area (Å²) in [5.74, 6) is 0. The highest BCUT2D eigenvalue weighted by atomic mass is 16.5. The average molecular weight is 270 g/mol. The highest BCUT2D eigenvalue weighted by Crippen LogP contribution is 2.27. The van der Waals surface area contributed by atoms with Crippen molar-refractivity contribution in [1.29, 1.82) is 0 Å². The van der Waals surface area contributed by atoms with Gasteiger partial charge in [-0.05, 0) is 45.7 Å². The van der Waals surface area contributed by atoms with Gasteiger partial charge in [0.05, 0.1) is 12.2 Å². The molecular weight excluding hydrogens is 240 g/mol. The van der Waals surface area contributed by atoms with Crippen LogP contribution in [0.15, 0.2) is 0 Å². The number of nitrogens with one attached hydrogen (secondary N) is 1. The molecule has 0 bridgehead atoms. The van der Waals surface area contributed by atoms with E-state index in [1.165, 1.54) is 25.8 Å². The lowest BCUT2D eigenvalue weighted by atomic mass is 9.91. The molecule has 0 aromatic heterocycles. The second-order valence-corrected chi connectivity index (χ2v) is 6.22. The number of methoxy groups -OCH3 is 1. The van der Waals surface area contributed by atoms with Gasteiger partial charge in [0.2, 0.25) is 0 Å². The van der Waals surface area contributed by atoms with Crippen LogP contribution in [-0.4, -0.2) is 62.5 Å². The summed E-state index contributed by atoms with van der Waals surface area (Å²) in [6.07, 6.45) is 4.71. The molecule has 3 atom stereocenters.